The second-order valence-corrected chi connectivity index (χ2v) is 7.79. The number of aromatic nitrogens is 2. The van der Waals surface area contributed by atoms with E-state index in [1.807, 2.05) is 12.1 Å². The van der Waals surface area contributed by atoms with Crippen molar-refractivity contribution >= 4 is 27.5 Å². The molecule has 2 aromatic carbocycles. The Morgan fingerprint density at radius 3 is 2.48 bits per heavy atom. The molecule has 0 fully saturated rings. The van der Waals surface area contributed by atoms with Gasteiger partial charge in [0.1, 0.15) is 5.69 Å². The van der Waals surface area contributed by atoms with Crippen LogP contribution in [0.4, 0.5) is 0 Å². The van der Waals surface area contributed by atoms with E-state index in [4.69, 9.17) is 11.6 Å². The van der Waals surface area contributed by atoms with Gasteiger partial charge in [0, 0.05) is 18.7 Å². The summed E-state index contributed by atoms with van der Waals surface area (Å²) in [4.78, 5) is 12.4. The van der Waals surface area contributed by atoms with Crippen LogP contribution in [0.2, 0.25) is 5.02 Å². The first-order valence-corrected chi connectivity index (χ1v) is 9.97. The van der Waals surface area contributed by atoms with Crippen LogP contribution < -0.4 is 10.0 Å². The molecule has 0 unspecified atom stereocenters. The Balaban J connectivity index is 1.54. The van der Waals surface area contributed by atoms with Gasteiger partial charge in [0.25, 0.3) is 5.91 Å². The molecule has 3 aromatic rings. The molecule has 3 rings (SSSR count). The minimum Gasteiger partial charge on any atom is -0.349 e. The largest absolute Gasteiger partial charge is 0.349 e. The molecule has 9 heteroatoms. The van der Waals surface area contributed by atoms with Crippen molar-refractivity contribution in [1.29, 1.82) is 0 Å². The van der Waals surface area contributed by atoms with Crippen molar-refractivity contribution in [3.8, 4) is 11.3 Å². The summed E-state index contributed by atoms with van der Waals surface area (Å²) >= 11 is 6.12. The van der Waals surface area contributed by atoms with Crippen LogP contribution in [-0.2, 0) is 10.0 Å². The van der Waals surface area contributed by atoms with E-state index in [2.05, 4.69) is 20.2 Å². The fourth-order valence-electron chi connectivity index (χ4n) is 2.38. The fraction of sp³-hybridized carbons (Fsp3) is 0.111. The van der Waals surface area contributed by atoms with Crippen LogP contribution in [0.15, 0.2) is 65.6 Å². The molecule has 3 N–H and O–H groups in total. The number of nitrogens with zero attached hydrogens (tertiary/aromatic N) is 1. The third-order valence-electron chi connectivity index (χ3n) is 3.73. The van der Waals surface area contributed by atoms with Gasteiger partial charge >= 0.3 is 0 Å². The number of hydrogen-bond acceptors (Lipinski definition) is 4. The van der Waals surface area contributed by atoms with Gasteiger partial charge in [-0.05, 0) is 24.3 Å². The number of amides is 1. The molecule has 27 heavy (non-hydrogen) atoms. The zero-order chi connectivity index (χ0) is 19.3. The van der Waals surface area contributed by atoms with Crippen molar-refractivity contribution in [3.63, 3.8) is 0 Å². The molecule has 0 aliphatic rings. The van der Waals surface area contributed by atoms with Gasteiger partial charge in [-0.25, -0.2) is 13.1 Å². The second-order valence-electron chi connectivity index (χ2n) is 5.61. The summed E-state index contributed by atoms with van der Waals surface area (Å²) in [5.74, 6) is -0.389. The van der Waals surface area contributed by atoms with E-state index >= 15 is 0 Å². The number of sulfonamides is 1. The van der Waals surface area contributed by atoms with Gasteiger partial charge in [0.15, 0.2) is 0 Å². The van der Waals surface area contributed by atoms with Crippen molar-refractivity contribution < 1.29 is 13.2 Å². The van der Waals surface area contributed by atoms with Crippen molar-refractivity contribution in [2.75, 3.05) is 13.1 Å². The summed E-state index contributed by atoms with van der Waals surface area (Å²) in [5, 5.41) is 9.91. The molecule has 0 aliphatic heterocycles. The molecule has 7 nitrogen and oxygen atoms in total. The lowest BCUT2D eigenvalue weighted by atomic mass is 10.1. The van der Waals surface area contributed by atoms with Crippen LogP contribution >= 0.6 is 11.6 Å². The molecule has 1 aromatic heterocycles. The van der Waals surface area contributed by atoms with E-state index in [9.17, 15) is 13.2 Å². The molecule has 0 aliphatic carbocycles. The lowest BCUT2D eigenvalue weighted by molar-refractivity contribution is 0.0949. The second kappa shape index (κ2) is 8.34. The van der Waals surface area contributed by atoms with Crippen LogP contribution in [0.25, 0.3) is 11.3 Å². The molecule has 1 heterocycles. The summed E-state index contributed by atoms with van der Waals surface area (Å²) in [6, 6.07) is 16.8. The summed E-state index contributed by atoms with van der Waals surface area (Å²) in [7, 11) is -3.60. The Labute approximate surface area is 161 Å². The molecule has 0 radical (unpaired) electrons. The lowest BCUT2D eigenvalue weighted by Gasteiger charge is -2.07. The molecular weight excluding hydrogens is 388 g/mol. The highest BCUT2D eigenvalue weighted by Crippen LogP contribution is 2.26. The van der Waals surface area contributed by atoms with Crippen molar-refractivity contribution in [2.45, 2.75) is 4.90 Å². The lowest BCUT2D eigenvalue weighted by Crippen LogP contribution is -2.34. The maximum atomic E-state index is 12.2. The first-order chi connectivity index (χ1) is 13.0. The number of aromatic amines is 1. The van der Waals surface area contributed by atoms with Crippen LogP contribution in [0.1, 0.15) is 10.5 Å². The molecule has 0 saturated heterocycles. The SMILES string of the molecule is O=C(NCCNS(=O)(=O)c1ccccc1)c1cc(-c2ccccc2Cl)n[nH]1. The van der Waals surface area contributed by atoms with Gasteiger partial charge in [-0.2, -0.15) is 5.10 Å². The van der Waals surface area contributed by atoms with Crippen molar-refractivity contribution in [1.82, 2.24) is 20.2 Å². The molecule has 0 saturated carbocycles. The van der Waals surface area contributed by atoms with Crippen LogP contribution in [-0.4, -0.2) is 37.6 Å². The highest BCUT2D eigenvalue weighted by atomic mass is 35.5. The maximum Gasteiger partial charge on any atom is 0.269 e. The molecule has 0 bridgehead atoms. The average molecular weight is 405 g/mol. The number of carbonyl (C=O) groups is 1. The smallest absolute Gasteiger partial charge is 0.269 e. The topological polar surface area (TPSA) is 104 Å². The summed E-state index contributed by atoms with van der Waals surface area (Å²) in [6.45, 7) is 0.194. The molecule has 140 valence electrons. The Kier molecular flexibility index (Phi) is 5.90. The number of H-pyrrole nitrogens is 1. The highest BCUT2D eigenvalue weighted by molar-refractivity contribution is 7.89. The molecule has 0 spiro atoms. The summed E-state index contributed by atoms with van der Waals surface area (Å²) in [6.07, 6.45) is 0. The first-order valence-electron chi connectivity index (χ1n) is 8.10. The Hall–Kier alpha value is -2.68. The minimum atomic E-state index is -3.60. The number of halogens is 1. The number of carbonyl (C=O) groups excluding carboxylic acids is 1. The van der Waals surface area contributed by atoms with Crippen LogP contribution in [0.3, 0.4) is 0 Å². The summed E-state index contributed by atoms with van der Waals surface area (Å²) < 4.78 is 26.6. The zero-order valence-electron chi connectivity index (χ0n) is 14.1. The number of nitrogens with one attached hydrogen (secondary N) is 3. The van der Waals surface area contributed by atoms with E-state index in [-0.39, 0.29) is 29.6 Å². The number of hydrogen-bond donors (Lipinski definition) is 3. The van der Waals surface area contributed by atoms with E-state index < -0.39 is 10.0 Å². The maximum absolute atomic E-state index is 12.2. The molecule has 0 atom stereocenters. The van der Waals surface area contributed by atoms with Gasteiger partial charge in [0.2, 0.25) is 10.0 Å². The van der Waals surface area contributed by atoms with E-state index in [1.165, 1.54) is 12.1 Å². The van der Waals surface area contributed by atoms with Gasteiger partial charge in [0.05, 0.1) is 15.6 Å². The monoisotopic (exact) mass is 404 g/mol. The van der Waals surface area contributed by atoms with Gasteiger partial charge in [-0.3, -0.25) is 9.89 Å². The molecular formula is C18H17ClN4O3S. The quantitative estimate of drug-likeness (QED) is 0.526. The van der Waals surface area contributed by atoms with Gasteiger partial charge < -0.3 is 5.32 Å². The Morgan fingerprint density at radius 2 is 1.74 bits per heavy atom. The van der Waals surface area contributed by atoms with Crippen LogP contribution in [0.5, 0.6) is 0 Å². The highest BCUT2D eigenvalue weighted by Gasteiger charge is 2.14. The van der Waals surface area contributed by atoms with Crippen molar-refractivity contribution in [3.05, 3.63) is 71.4 Å². The Morgan fingerprint density at radius 1 is 1.04 bits per heavy atom. The summed E-state index contributed by atoms with van der Waals surface area (Å²) in [5.41, 5.74) is 1.52. The third kappa shape index (κ3) is 4.73. The fourth-order valence-corrected chi connectivity index (χ4v) is 3.67. The van der Waals surface area contributed by atoms with Crippen molar-refractivity contribution in [2.24, 2.45) is 0 Å². The normalized spacial score (nSPS) is 11.3. The third-order valence-corrected chi connectivity index (χ3v) is 5.53. The predicted molar refractivity (Wildman–Crippen MR) is 103 cm³/mol. The van der Waals surface area contributed by atoms with E-state index in [1.54, 1.807) is 36.4 Å². The van der Waals surface area contributed by atoms with E-state index in [0.717, 1.165) is 0 Å². The average Bonchev–Trinajstić information content (AvgIpc) is 3.16. The van der Waals surface area contributed by atoms with Crippen LogP contribution in [0, 0.1) is 0 Å². The molecule has 1 amide bonds. The number of benzene rings is 2. The zero-order valence-corrected chi connectivity index (χ0v) is 15.7. The number of rotatable bonds is 7. The standard InChI is InChI=1S/C18H17ClN4O3S/c19-15-9-5-4-8-14(15)16-12-17(23-22-16)18(24)20-10-11-21-27(25,26)13-6-2-1-3-7-13/h1-9,12,21H,10-11H2,(H,20,24)(H,22,23). The van der Waals surface area contributed by atoms with Gasteiger partial charge in [-0.1, -0.05) is 48.0 Å². The first kappa shape index (κ1) is 19.1. The van der Waals surface area contributed by atoms with E-state index in [0.29, 0.717) is 16.3 Å². The Bertz CT molecular complexity index is 1040. The minimum absolute atomic E-state index is 0.0640. The van der Waals surface area contributed by atoms with Gasteiger partial charge in [-0.15, -0.1) is 0 Å². The predicted octanol–water partition coefficient (Wildman–Crippen LogP) is 2.44.